The summed E-state index contributed by atoms with van der Waals surface area (Å²) in [5.41, 5.74) is 0.702. The average molecular weight is 241 g/mol. The van der Waals surface area contributed by atoms with Crippen molar-refractivity contribution in [3.8, 4) is 0 Å². The summed E-state index contributed by atoms with van der Waals surface area (Å²) in [6.07, 6.45) is 0. The molecule has 0 heterocycles. The van der Waals surface area contributed by atoms with E-state index in [2.05, 4.69) is 15.0 Å². The van der Waals surface area contributed by atoms with Crippen molar-refractivity contribution in [2.45, 2.75) is 19.3 Å². The molecular weight excluding hydrogens is 228 g/mol. The van der Waals surface area contributed by atoms with Crippen LogP contribution >= 0.6 is 11.6 Å². The Hall–Kier alpha value is -1.42. The summed E-state index contributed by atoms with van der Waals surface area (Å²) < 4.78 is 4.69. The number of ether oxygens (including phenoxy) is 1. The van der Waals surface area contributed by atoms with Gasteiger partial charge in [0.1, 0.15) is 0 Å². The van der Waals surface area contributed by atoms with Crippen molar-refractivity contribution in [2.75, 3.05) is 6.61 Å². The molecule has 0 saturated heterocycles. The van der Waals surface area contributed by atoms with Crippen LogP contribution in [-0.2, 0) is 9.53 Å². The number of benzene rings is 1. The number of azo groups is 1. The summed E-state index contributed by atoms with van der Waals surface area (Å²) in [6, 6.07) is 7.41. The van der Waals surface area contributed by atoms with E-state index in [-0.39, 0.29) is 6.61 Å². The third kappa shape index (κ3) is 3.98. The fourth-order valence-electron chi connectivity index (χ4n) is 0.987. The number of hydrogen-bond acceptors (Lipinski definition) is 4. The zero-order chi connectivity index (χ0) is 12.0. The van der Waals surface area contributed by atoms with Crippen LogP contribution in [0.3, 0.4) is 0 Å². The number of aryl methyl sites for hydroxylation is 1. The van der Waals surface area contributed by atoms with Gasteiger partial charge >= 0.3 is 5.97 Å². The fraction of sp³-hybridized carbons (Fsp3) is 0.364. The van der Waals surface area contributed by atoms with Crippen LogP contribution in [0.15, 0.2) is 34.5 Å². The van der Waals surface area contributed by atoms with Gasteiger partial charge in [0.2, 0.25) is 5.50 Å². The Labute approximate surface area is 99.3 Å². The molecule has 0 saturated carbocycles. The minimum absolute atomic E-state index is 0.280. The molecule has 0 aromatic heterocycles. The topological polar surface area (TPSA) is 51.0 Å². The van der Waals surface area contributed by atoms with Crippen LogP contribution < -0.4 is 0 Å². The van der Waals surface area contributed by atoms with E-state index in [0.29, 0.717) is 5.69 Å². The summed E-state index contributed by atoms with van der Waals surface area (Å²) >= 11 is 5.66. The Kier molecular flexibility index (Phi) is 4.92. The van der Waals surface area contributed by atoms with Crippen LogP contribution in [0.25, 0.3) is 0 Å². The highest BCUT2D eigenvalue weighted by Crippen LogP contribution is 2.14. The third-order valence-electron chi connectivity index (χ3n) is 1.79. The minimum atomic E-state index is -1.08. The lowest BCUT2D eigenvalue weighted by Gasteiger charge is -2.02. The van der Waals surface area contributed by atoms with Crippen molar-refractivity contribution >= 4 is 23.3 Å². The molecule has 1 atom stereocenters. The molecule has 0 aliphatic carbocycles. The van der Waals surface area contributed by atoms with Crippen molar-refractivity contribution in [3.63, 3.8) is 0 Å². The first-order chi connectivity index (χ1) is 7.63. The molecule has 0 spiro atoms. The van der Waals surface area contributed by atoms with Gasteiger partial charge in [-0.05, 0) is 26.0 Å². The van der Waals surface area contributed by atoms with Crippen LogP contribution in [-0.4, -0.2) is 18.1 Å². The lowest BCUT2D eigenvalue weighted by molar-refractivity contribution is -0.142. The van der Waals surface area contributed by atoms with Crippen molar-refractivity contribution in [3.05, 3.63) is 29.8 Å². The van der Waals surface area contributed by atoms with Gasteiger partial charge in [-0.1, -0.05) is 29.3 Å². The molecule has 0 amide bonds. The van der Waals surface area contributed by atoms with Gasteiger partial charge in [-0.2, -0.15) is 10.2 Å². The van der Waals surface area contributed by atoms with E-state index in [1.54, 1.807) is 19.1 Å². The second-order valence-electron chi connectivity index (χ2n) is 3.14. The molecule has 1 aromatic carbocycles. The van der Waals surface area contributed by atoms with Gasteiger partial charge in [0, 0.05) is 0 Å². The molecule has 5 heteroatoms. The molecule has 1 rings (SSSR count). The molecule has 0 aliphatic rings. The number of rotatable bonds is 4. The van der Waals surface area contributed by atoms with Crippen molar-refractivity contribution in [1.82, 2.24) is 0 Å². The third-order valence-corrected chi connectivity index (χ3v) is 2.06. The average Bonchev–Trinajstić information content (AvgIpc) is 2.28. The van der Waals surface area contributed by atoms with E-state index in [4.69, 9.17) is 11.6 Å². The number of carbonyl (C=O) groups is 1. The Morgan fingerprint density at radius 1 is 1.44 bits per heavy atom. The normalized spacial score (nSPS) is 12.7. The van der Waals surface area contributed by atoms with Crippen molar-refractivity contribution in [2.24, 2.45) is 10.2 Å². The molecule has 0 aliphatic heterocycles. The Balaban J connectivity index is 2.59. The molecule has 4 nitrogen and oxygen atoms in total. The van der Waals surface area contributed by atoms with Gasteiger partial charge in [-0.15, -0.1) is 0 Å². The van der Waals surface area contributed by atoms with Gasteiger partial charge in [0.15, 0.2) is 0 Å². The number of halogens is 1. The van der Waals surface area contributed by atoms with Crippen LogP contribution in [0.2, 0.25) is 0 Å². The van der Waals surface area contributed by atoms with E-state index in [1.165, 1.54) is 0 Å². The second-order valence-corrected chi connectivity index (χ2v) is 3.55. The summed E-state index contributed by atoms with van der Waals surface area (Å²) in [7, 11) is 0. The summed E-state index contributed by atoms with van der Waals surface area (Å²) in [6.45, 7) is 3.96. The monoisotopic (exact) mass is 240 g/mol. The molecule has 0 bridgehead atoms. The maximum Gasteiger partial charge on any atom is 0.348 e. The molecule has 1 unspecified atom stereocenters. The first kappa shape index (κ1) is 12.6. The van der Waals surface area contributed by atoms with Gasteiger partial charge in [0.05, 0.1) is 12.3 Å². The van der Waals surface area contributed by atoms with Gasteiger partial charge in [-0.25, -0.2) is 4.79 Å². The number of hydrogen-bond donors (Lipinski definition) is 0. The molecule has 0 radical (unpaired) electrons. The number of alkyl halides is 1. The highest BCUT2D eigenvalue weighted by molar-refractivity contribution is 6.29. The summed E-state index contributed by atoms with van der Waals surface area (Å²) in [4.78, 5) is 11.1. The predicted molar refractivity (Wildman–Crippen MR) is 62.0 cm³/mol. The molecule has 0 fully saturated rings. The highest BCUT2D eigenvalue weighted by atomic mass is 35.5. The van der Waals surface area contributed by atoms with E-state index in [1.807, 2.05) is 19.1 Å². The maximum atomic E-state index is 11.1. The van der Waals surface area contributed by atoms with E-state index < -0.39 is 11.5 Å². The maximum absolute atomic E-state index is 11.1. The van der Waals surface area contributed by atoms with Crippen LogP contribution in [0, 0.1) is 6.92 Å². The Bertz CT molecular complexity index is 376. The van der Waals surface area contributed by atoms with Crippen LogP contribution in [0.1, 0.15) is 12.5 Å². The zero-order valence-electron chi connectivity index (χ0n) is 9.18. The molecular formula is C11H13ClN2O2. The molecule has 0 N–H and O–H groups in total. The van der Waals surface area contributed by atoms with Crippen LogP contribution in [0.5, 0.6) is 0 Å². The largest absolute Gasteiger partial charge is 0.463 e. The number of esters is 1. The Morgan fingerprint density at radius 3 is 2.62 bits per heavy atom. The molecule has 16 heavy (non-hydrogen) atoms. The zero-order valence-corrected chi connectivity index (χ0v) is 9.94. The predicted octanol–water partition coefficient (Wildman–Crippen LogP) is 3.21. The van der Waals surface area contributed by atoms with Crippen molar-refractivity contribution < 1.29 is 9.53 Å². The molecule has 1 aromatic rings. The number of nitrogens with zero attached hydrogens (tertiary/aromatic N) is 2. The lowest BCUT2D eigenvalue weighted by Crippen LogP contribution is -2.14. The van der Waals surface area contributed by atoms with E-state index in [0.717, 1.165) is 5.56 Å². The van der Waals surface area contributed by atoms with Gasteiger partial charge < -0.3 is 4.74 Å². The second kappa shape index (κ2) is 6.23. The fourth-order valence-corrected chi connectivity index (χ4v) is 1.09. The first-order valence-corrected chi connectivity index (χ1v) is 5.35. The first-order valence-electron chi connectivity index (χ1n) is 4.91. The van der Waals surface area contributed by atoms with Crippen LogP contribution in [0.4, 0.5) is 5.69 Å². The minimum Gasteiger partial charge on any atom is -0.463 e. The number of carbonyl (C=O) groups excluding carboxylic acids is 1. The lowest BCUT2D eigenvalue weighted by atomic mass is 10.2. The van der Waals surface area contributed by atoms with Crippen molar-refractivity contribution in [1.29, 1.82) is 0 Å². The smallest absolute Gasteiger partial charge is 0.348 e. The SMILES string of the molecule is CCOC(=O)C(Cl)N=Nc1ccc(C)cc1. The van der Waals surface area contributed by atoms with E-state index >= 15 is 0 Å². The summed E-state index contributed by atoms with van der Waals surface area (Å²) in [5.74, 6) is -0.583. The highest BCUT2D eigenvalue weighted by Gasteiger charge is 2.14. The standard InChI is InChI=1S/C11H13ClN2O2/c1-3-16-11(15)10(12)14-13-9-6-4-8(2)5-7-9/h4-7,10H,3H2,1-2H3. The van der Waals surface area contributed by atoms with Gasteiger partial charge in [-0.3, -0.25) is 0 Å². The Morgan fingerprint density at radius 2 is 2.06 bits per heavy atom. The van der Waals surface area contributed by atoms with E-state index in [9.17, 15) is 4.79 Å². The van der Waals surface area contributed by atoms with Gasteiger partial charge in [0.25, 0.3) is 0 Å². The summed E-state index contributed by atoms with van der Waals surface area (Å²) in [5, 5.41) is 7.50. The molecule has 86 valence electrons. The quantitative estimate of drug-likeness (QED) is 0.351.